The Morgan fingerprint density at radius 1 is 1.32 bits per heavy atom. The Balaban J connectivity index is 1.97. The van der Waals surface area contributed by atoms with Gasteiger partial charge in [-0.05, 0) is 37.8 Å². The first kappa shape index (κ1) is 16.6. The first-order valence-electron chi connectivity index (χ1n) is 8.01. The third-order valence-electron chi connectivity index (χ3n) is 4.45. The molecule has 1 aliphatic rings. The molecule has 1 aliphatic heterocycles. The summed E-state index contributed by atoms with van der Waals surface area (Å²) in [5, 5.41) is 15.8. The molecule has 122 valence electrons. The molecule has 0 spiro atoms. The minimum absolute atomic E-state index is 0.0738. The van der Waals surface area contributed by atoms with Gasteiger partial charge in [-0.15, -0.1) is 0 Å². The number of hydrogen-bond donors (Lipinski definition) is 3. The lowest BCUT2D eigenvalue weighted by Crippen LogP contribution is -2.45. The first-order valence-corrected chi connectivity index (χ1v) is 8.01. The molecule has 22 heavy (non-hydrogen) atoms. The lowest BCUT2D eigenvalue weighted by molar-refractivity contribution is 0.0170. The molecule has 1 aromatic carbocycles. The van der Waals surface area contributed by atoms with Gasteiger partial charge in [0, 0.05) is 19.6 Å². The van der Waals surface area contributed by atoms with Crippen molar-refractivity contribution < 1.29 is 9.90 Å². The second-order valence-corrected chi connectivity index (χ2v) is 6.53. The summed E-state index contributed by atoms with van der Waals surface area (Å²) in [7, 11) is 0. The molecule has 5 heteroatoms. The SMILES string of the molecule is CC(C)C(C)(O)CNC(=O)Nc1ccccc1N1CCCC1. The minimum Gasteiger partial charge on any atom is -0.388 e. The Morgan fingerprint density at radius 3 is 2.59 bits per heavy atom. The van der Waals surface area contributed by atoms with Gasteiger partial charge in [0.15, 0.2) is 0 Å². The molecule has 2 amide bonds. The van der Waals surface area contributed by atoms with E-state index < -0.39 is 5.60 Å². The normalized spacial score (nSPS) is 17.4. The maximum absolute atomic E-state index is 12.1. The number of nitrogens with zero attached hydrogens (tertiary/aromatic N) is 1. The summed E-state index contributed by atoms with van der Waals surface area (Å²) >= 11 is 0. The van der Waals surface area contributed by atoms with Gasteiger partial charge in [0.25, 0.3) is 0 Å². The Hall–Kier alpha value is -1.75. The van der Waals surface area contributed by atoms with Crippen molar-refractivity contribution in [1.29, 1.82) is 0 Å². The van der Waals surface area contributed by atoms with Crippen LogP contribution in [0.4, 0.5) is 16.2 Å². The van der Waals surface area contributed by atoms with Gasteiger partial charge < -0.3 is 20.6 Å². The van der Waals surface area contributed by atoms with Crippen molar-refractivity contribution in [1.82, 2.24) is 5.32 Å². The quantitative estimate of drug-likeness (QED) is 0.784. The van der Waals surface area contributed by atoms with Crippen molar-refractivity contribution in [3.05, 3.63) is 24.3 Å². The number of aliphatic hydroxyl groups is 1. The fraction of sp³-hybridized carbons (Fsp3) is 0.588. The standard InChI is InChI=1S/C17H27N3O2/c1-13(2)17(3,22)12-18-16(21)19-14-8-4-5-9-15(14)20-10-6-7-11-20/h4-5,8-9,13,22H,6-7,10-12H2,1-3H3,(H2,18,19,21). The van der Waals surface area contributed by atoms with Crippen molar-refractivity contribution in [2.75, 3.05) is 29.9 Å². The Morgan fingerprint density at radius 2 is 1.95 bits per heavy atom. The largest absolute Gasteiger partial charge is 0.388 e. The van der Waals surface area contributed by atoms with Crippen LogP contribution < -0.4 is 15.5 Å². The zero-order chi connectivity index (χ0) is 16.2. The summed E-state index contributed by atoms with van der Waals surface area (Å²) in [6.07, 6.45) is 2.38. The molecule has 1 saturated heterocycles. The van der Waals surface area contributed by atoms with Gasteiger partial charge in [0.05, 0.1) is 17.0 Å². The number of para-hydroxylation sites is 2. The van der Waals surface area contributed by atoms with Crippen molar-refractivity contribution >= 4 is 17.4 Å². The van der Waals surface area contributed by atoms with Gasteiger partial charge in [-0.25, -0.2) is 4.79 Å². The highest BCUT2D eigenvalue weighted by molar-refractivity contribution is 5.93. The van der Waals surface area contributed by atoms with Crippen LogP contribution in [0.5, 0.6) is 0 Å². The highest BCUT2D eigenvalue weighted by Gasteiger charge is 2.25. The molecule has 1 aromatic rings. The van der Waals surface area contributed by atoms with E-state index in [-0.39, 0.29) is 18.5 Å². The van der Waals surface area contributed by atoms with Crippen LogP contribution in [0.1, 0.15) is 33.6 Å². The van der Waals surface area contributed by atoms with E-state index in [1.807, 2.05) is 38.1 Å². The molecular formula is C17H27N3O2. The molecule has 1 unspecified atom stereocenters. The van der Waals surface area contributed by atoms with Crippen LogP contribution in [0.3, 0.4) is 0 Å². The van der Waals surface area contributed by atoms with Gasteiger partial charge in [-0.1, -0.05) is 26.0 Å². The van der Waals surface area contributed by atoms with E-state index in [1.165, 1.54) is 12.8 Å². The molecule has 1 fully saturated rings. The fourth-order valence-electron chi connectivity index (χ4n) is 2.44. The van der Waals surface area contributed by atoms with Crippen LogP contribution in [0.15, 0.2) is 24.3 Å². The summed E-state index contributed by atoms with van der Waals surface area (Å²) in [6.45, 7) is 7.88. The molecule has 1 heterocycles. The van der Waals surface area contributed by atoms with Crippen molar-refractivity contribution in [2.24, 2.45) is 5.92 Å². The number of urea groups is 1. The molecule has 0 bridgehead atoms. The van der Waals surface area contributed by atoms with Gasteiger partial charge >= 0.3 is 6.03 Å². The number of hydrogen-bond acceptors (Lipinski definition) is 3. The Bertz CT molecular complexity index is 508. The average molecular weight is 305 g/mol. The fourth-order valence-corrected chi connectivity index (χ4v) is 2.44. The van der Waals surface area contributed by atoms with E-state index in [9.17, 15) is 9.90 Å². The smallest absolute Gasteiger partial charge is 0.319 e. The third-order valence-corrected chi connectivity index (χ3v) is 4.45. The Kier molecular flexibility index (Phi) is 5.29. The molecule has 0 radical (unpaired) electrons. The van der Waals surface area contributed by atoms with Crippen LogP contribution >= 0.6 is 0 Å². The number of carbonyl (C=O) groups excluding carboxylic acids is 1. The first-order chi connectivity index (χ1) is 10.4. The second-order valence-electron chi connectivity index (χ2n) is 6.53. The van der Waals surface area contributed by atoms with Crippen LogP contribution in [0.2, 0.25) is 0 Å². The van der Waals surface area contributed by atoms with E-state index in [0.29, 0.717) is 0 Å². The van der Waals surface area contributed by atoms with E-state index >= 15 is 0 Å². The number of rotatable bonds is 5. The van der Waals surface area contributed by atoms with E-state index in [2.05, 4.69) is 15.5 Å². The molecule has 0 aromatic heterocycles. The molecule has 5 nitrogen and oxygen atoms in total. The average Bonchev–Trinajstić information content (AvgIpc) is 3.00. The van der Waals surface area contributed by atoms with Gasteiger partial charge in [0.1, 0.15) is 0 Å². The molecule has 0 saturated carbocycles. The topological polar surface area (TPSA) is 64.6 Å². The summed E-state index contributed by atoms with van der Waals surface area (Å²) in [6, 6.07) is 7.56. The zero-order valence-electron chi connectivity index (χ0n) is 13.7. The number of carbonyl (C=O) groups is 1. The van der Waals surface area contributed by atoms with Crippen molar-refractivity contribution in [2.45, 2.75) is 39.2 Å². The number of amides is 2. The summed E-state index contributed by atoms with van der Waals surface area (Å²) < 4.78 is 0. The summed E-state index contributed by atoms with van der Waals surface area (Å²) in [4.78, 5) is 14.4. The molecule has 0 aliphatic carbocycles. The van der Waals surface area contributed by atoms with Crippen molar-refractivity contribution in [3.8, 4) is 0 Å². The van der Waals surface area contributed by atoms with Crippen LogP contribution in [0.25, 0.3) is 0 Å². The van der Waals surface area contributed by atoms with E-state index in [1.54, 1.807) is 6.92 Å². The lowest BCUT2D eigenvalue weighted by Gasteiger charge is -2.28. The van der Waals surface area contributed by atoms with Gasteiger partial charge in [-0.3, -0.25) is 0 Å². The summed E-state index contributed by atoms with van der Waals surface area (Å²) in [5.41, 5.74) is 0.961. The van der Waals surface area contributed by atoms with Gasteiger partial charge in [0.2, 0.25) is 0 Å². The van der Waals surface area contributed by atoms with Crippen LogP contribution in [-0.4, -0.2) is 36.4 Å². The van der Waals surface area contributed by atoms with Crippen LogP contribution in [-0.2, 0) is 0 Å². The Labute approximate surface area is 132 Å². The lowest BCUT2D eigenvalue weighted by atomic mass is 9.93. The summed E-state index contributed by atoms with van der Waals surface area (Å²) in [5.74, 6) is 0.0738. The zero-order valence-corrected chi connectivity index (χ0v) is 13.7. The molecule has 1 atom stereocenters. The van der Waals surface area contributed by atoms with Crippen molar-refractivity contribution in [3.63, 3.8) is 0 Å². The maximum atomic E-state index is 12.1. The molecular weight excluding hydrogens is 278 g/mol. The third kappa shape index (κ3) is 4.13. The number of benzene rings is 1. The van der Waals surface area contributed by atoms with E-state index in [4.69, 9.17) is 0 Å². The predicted molar refractivity (Wildman–Crippen MR) is 90.4 cm³/mol. The van der Waals surface area contributed by atoms with Crippen LogP contribution in [0, 0.1) is 5.92 Å². The van der Waals surface area contributed by atoms with E-state index in [0.717, 1.165) is 24.5 Å². The highest BCUT2D eigenvalue weighted by atomic mass is 16.3. The minimum atomic E-state index is -0.911. The number of anilines is 2. The molecule has 2 rings (SSSR count). The maximum Gasteiger partial charge on any atom is 0.319 e. The monoisotopic (exact) mass is 305 g/mol. The number of nitrogens with one attached hydrogen (secondary N) is 2. The highest BCUT2D eigenvalue weighted by Crippen LogP contribution is 2.28. The molecule has 3 N–H and O–H groups in total. The predicted octanol–water partition coefficient (Wildman–Crippen LogP) is 2.82. The second kappa shape index (κ2) is 7.01. The van der Waals surface area contributed by atoms with Gasteiger partial charge in [-0.2, -0.15) is 0 Å².